The van der Waals surface area contributed by atoms with Gasteiger partial charge in [0, 0.05) is 12.5 Å². The minimum absolute atomic E-state index is 0.143. The largest absolute Gasteiger partial charge is 0.573 e. The highest BCUT2D eigenvalue weighted by molar-refractivity contribution is 5.74. The lowest BCUT2D eigenvalue weighted by Crippen LogP contribution is -2.21. The Morgan fingerprint density at radius 1 is 1.41 bits per heavy atom. The van der Waals surface area contributed by atoms with E-state index >= 15 is 0 Å². The highest BCUT2D eigenvalue weighted by Gasteiger charge is 2.31. The molecule has 1 amide bonds. The van der Waals surface area contributed by atoms with Gasteiger partial charge >= 0.3 is 6.36 Å². The monoisotopic (exact) mass is 248 g/mol. The molecule has 1 aromatic carbocycles. The first kappa shape index (κ1) is 13.3. The Morgan fingerprint density at radius 2 is 2.06 bits per heavy atom. The molecule has 17 heavy (non-hydrogen) atoms. The van der Waals surface area contributed by atoms with Crippen molar-refractivity contribution < 1.29 is 22.7 Å². The summed E-state index contributed by atoms with van der Waals surface area (Å²) in [4.78, 5) is 10.6. The highest BCUT2D eigenvalue weighted by atomic mass is 19.4. The average molecular weight is 248 g/mol. The third kappa shape index (κ3) is 4.73. The topological polar surface area (TPSA) is 78.3 Å². The fourth-order valence-electron chi connectivity index (χ4n) is 1.28. The maximum atomic E-state index is 12.0. The van der Waals surface area contributed by atoms with E-state index in [9.17, 15) is 18.0 Å². The summed E-state index contributed by atoms with van der Waals surface area (Å²) >= 11 is 0. The molecule has 4 N–H and O–H groups in total. The van der Waals surface area contributed by atoms with Crippen LogP contribution in [0.5, 0.6) is 5.75 Å². The fourth-order valence-corrected chi connectivity index (χ4v) is 1.28. The van der Waals surface area contributed by atoms with Gasteiger partial charge in [-0.25, -0.2) is 0 Å². The number of hydrogen-bond donors (Lipinski definition) is 2. The molecule has 0 spiro atoms. The van der Waals surface area contributed by atoms with Gasteiger partial charge in [0.1, 0.15) is 5.75 Å². The van der Waals surface area contributed by atoms with Gasteiger partial charge in [-0.3, -0.25) is 4.79 Å². The van der Waals surface area contributed by atoms with Crippen LogP contribution in [0.3, 0.4) is 0 Å². The van der Waals surface area contributed by atoms with Gasteiger partial charge in [0.15, 0.2) is 0 Å². The maximum Gasteiger partial charge on any atom is 0.573 e. The number of halogens is 3. The van der Waals surface area contributed by atoms with Crippen molar-refractivity contribution in [3.05, 3.63) is 29.8 Å². The molecule has 0 unspecified atom stereocenters. The van der Waals surface area contributed by atoms with Gasteiger partial charge in [0.2, 0.25) is 5.91 Å². The molecule has 0 fully saturated rings. The molecule has 0 aliphatic carbocycles. The van der Waals surface area contributed by atoms with Gasteiger partial charge in [-0.05, 0) is 17.7 Å². The standard InChI is InChI=1S/C10H11F3N2O2/c11-10(12,13)17-7-3-1-2-6(4-7)8(14)5-9(15)16/h1-4,8H,5,14H2,(H2,15,16)/t8-/m1/s1. The summed E-state index contributed by atoms with van der Waals surface area (Å²) in [6, 6.07) is 4.38. The molecule has 1 aromatic rings. The molecule has 0 aromatic heterocycles. The van der Waals surface area contributed by atoms with E-state index in [0.717, 1.165) is 12.1 Å². The van der Waals surface area contributed by atoms with Crippen LogP contribution in [0.2, 0.25) is 0 Å². The summed E-state index contributed by atoms with van der Waals surface area (Å²) in [7, 11) is 0. The first-order chi connectivity index (χ1) is 7.78. The molecule has 0 heterocycles. The van der Waals surface area contributed by atoms with E-state index in [0.29, 0.717) is 5.56 Å². The van der Waals surface area contributed by atoms with Gasteiger partial charge in [0.25, 0.3) is 0 Å². The number of amides is 1. The normalized spacial score (nSPS) is 13.2. The molecular weight excluding hydrogens is 237 g/mol. The SMILES string of the molecule is NC(=O)C[C@@H](N)c1cccc(OC(F)(F)F)c1. The third-order valence-electron chi connectivity index (χ3n) is 1.94. The zero-order valence-corrected chi connectivity index (χ0v) is 8.70. The van der Waals surface area contributed by atoms with E-state index in [2.05, 4.69) is 4.74 Å². The molecular formula is C10H11F3N2O2. The second kappa shape index (κ2) is 5.05. The van der Waals surface area contributed by atoms with Crippen molar-refractivity contribution in [3.63, 3.8) is 0 Å². The number of rotatable bonds is 4. The van der Waals surface area contributed by atoms with Crippen LogP contribution < -0.4 is 16.2 Å². The number of primary amides is 1. The molecule has 0 saturated heterocycles. The van der Waals surface area contributed by atoms with Crippen molar-refractivity contribution in [3.8, 4) is 5.75 Å². The number of alkyl halides is 3. The van der Waals surface area contributed by atoms with Crippen molar-refractivity contribution in [2.45, 2.75) is 18.8 Å². The summed E-state index contributed by atoms with van der Waals surface area (Å²) < 4.78 is 39.6. The lowest BCUT2D eigenvalue weighted by molar-refractivity contribution is -0.274. The van der Waals surface area contributed by atoms with E-state index in [1.54, 1.807) is 0 Å². The summed E-state index contributed by atoms with van der Waals surface area (Å²) in [6.45, 7) is 0. The second-order valence-corrected chi connectivity index (χ2v) is 3.40. The summed E-state index contributed by atoms with van der Waals surface area (Å²) in [5.41, 5.74) is 10.9. The fraction of sp³-hybridized carbons (Fsp3) is 0.300. The lowest BCUT2D eigenvalue weighted by Gasteiger charge is -2.13. The van der Waals surface area contributed by atoms with Crippen molar-refractivity contribution in [2.24, 2.45) is 11.5 Å². The zero-order valence-electron chi connectivity index (χ0n) is 8.70. The van der Waals surface area contributed by atoms with Crippen LogP contribution in [0.15, 0.2) is 24.3 Å². The Balaban J connectivity index is 2.82. The quantitative estimate of drug-likeness (QED) is 0.846. The Hall–Kier alpha value is -1.76. The maximum absolute atomic E-state index is 12.0. The van der Waals surface area contributed by atoms with Crippen molar-refractivity contribution in [1.29, 1.82) is 0 Å². The molecule has 0 aliphatic heterocycles. The van der Waals surface area contributed by atoms with Crippen LogP contribution in [0.1, 0.15) is 18.0 Å². The molecule has 0 bridgehead atoms. The Morgan fingerprint density at radius 3 is 2.59 bits per heavy atom. The molecule has 1 atom stereocenters. The van der Waals surface area contributed by atoms with Crippen LogP contribution in [0, 0.1) is 0 Å². The molecule has 1 rings (SSSR count). The van der Waals surface area contributed by atoms with Crippen LogP contribution in [0.4, 0.5) is 13.2 Å². The van der Waals surface area contributed by atoms with Gasteiger partial charge in [-0.2, -0.15) is 0 Å². The number of ether oxygens (including phenoxy) is 1. The van der Waals surface area contributed by atoms with Crippen molar-refractivity contribution in [2.75, 3.05) is 0 Å². The third-order valence-corrected chi connectivity index (χ3v) is 1.94. The first-order valence-corrected chi connectivity index (χ1v) is 4.67. The predicted octanol–water partition coefficient (Wildman–Crippen LogP) is 1.46. The van der Waals surface area contributed by atoms with Crippen molar-refractivity contribution >= 4 is 5.91 Å². The van der Waals surface area contributed by atoms with Gasteiger partial charge in [0.05, 0.1) is 0 Å². The minimum atomic E-state index is -4.76. The van der Waals surface area contributed by atoms with Gasteiger partial charge in [-0.15, -0.1) is 13.2 Å². The van der Waals surface area contributed by atoms with E-state index in [4.69, 9.17) is 11.5 Å². The molecule has 0 saturated carbocycles. The van der Waals surface area contributed by atoms with Crippen LogP contribution in [0.25, 0.3) is 0 Å². The van der Waals surface area contributed by atoms with Gasteiger partial charge in [-0.1, -0.05) is 12.1 Å². The molecule has 7 heteroatoms. The van der Waals surface area contributed by atoms with E-state index in [1.807, 2.05) is 0 Å². The highest BCUT2D eigenvalue weighted by Crippen LogP contribution is 2.25. The average Bonchev–Trinajstić information content (AvgIpc) is 2.14. The number of carbonyl (C=O) groups is 1. The zero-order chi connectivity index (χ0) is 13.1. The van der Waals surface area contributed by atoms with Crippen LogP contribution in [-0.2, 0) is 4.79 Å². The predicted molar refractivity (Wildman–Crippen MR) is 53.9 cm³/mol. The minimum Gasteiger partial charge on any atom is -0.406 e. The van der Waals surface area contributed by atoms with E-state index < -0.39 is 18.3 Å². The molecule has 4 nitrogen and oxygen atoms in total. The molecule has 0 aliphatic rings. The van der Waals surface area contributed by atoms with E-state index in [1.165, 1.54) is 12.1 Å². The summed E-state index contributed by atoms with van der Waals surface area (Å²) in [5, 5.41) is 0. The smallest absolute Gasteiger partial charge is 0.406 e. The Kier molecular flexibility index (Phi) is 3.95. The first-order valence-electron chi connectivity index (χ1n) is 4.67. The van der Waals surface area contributed by atoms with Gasteiger partial charge < -0.3 is 16.2 Å². The Labute approximate surface area is 95.3 Å². The van der Waals surface area contributed by atoms with Crippen LogP contribution >= 0.6 is 0 Å². The van der Waals surface area contributed by atoms with Crippen LogP contribution in [-0.4, -0.2) is 12.3 Å². The van der Waals surface area contributed by atoms with E-state index in [-0.39, 0.29) is 12.2 Å². The number of carbonyl (C=O) groups excluding carboxylic acids is 1. The lowest BCUT2D eigenvalue weighted by atomic mass is 10.0. The molecule has 94 valence electrons. The number of nitrogens with two attached hydrogens (primary N) is 2. The Bertz CT molecular complexity index is 407. The second-order valence-electron chi connectivity index (χ2n) is 3.40. The molecule has 0 radical (unpaired) electrons. The number of benzene rings is 1. The number of hydrogen-bond acceptors (Lipinski definition) is 3. The summed E-state index contributed by atoms with van der Waals surface area (Å²) in [5.74, 6) is -1.01. The summed E-state index contributed by atoms with van der Waals surface area (Å²) in [6.07, 6.45) is -4.90. The van der Waals surface area contributed by atoms with Crippen molar-refractivity contribution in [1.82, 2.24) is 0 Å².